The summed E-state index contributed by atoms with van der Waals surface area (Å²) in [6, 6.07) is 0.900. The van der Waals surface area contributed by atoms with E-state index in [2.05, 4.69) is 25.2 Å². The summed E-state index contributed by atoms with van der Waals surface area (Å²) in [5.74, 6) is 4.38. The topological polar surface area (TPSA) is 12.0 Å². The standard InChI is InChI=1S/C13H21N/c1-8(2)5-6-14-13-11-9-3-4-10(7-9)12(11)13/h5,9-14H,3-4,6-7H2,1-2H3. The van der Waals surface area contributed by atoms with Gasteiger partial charge in [0.05, 0.1) is 0 Å². The molecule has 0 aromatic heterocycles. The van der Waals surface area contributed by atoms with Crippen LogP contribution in [0.25, 0.3) is 0 Å². The third kappa shape index (κ3) is 1.25. The molecule has 14 heavy (non-hydrogen) atoms. The van der Waals surface area contributed by atoms with Gasteiger partial charge in [0, 0.05) is 12.6 Å². The summed E-state index contributed by atoms with van der Waals surface area (Å²) in [5.41, 5.74) is 1.44. The van der Waals surface area contributed by atoms with Gasteiger partial charge in [0.25, 0.3) is 0 Å². The van der Waals surface area contributed by atoms with Crippen molar-refractivity contribution in [1.82, 2.24) is 5.32 Å². The Balaban J connectivity index is 1.52. The van der Waals surface area contributed by atoms with Crippen molar-refractivity contribution >= 4 is 0 Å². The highest BCUT2D eigenvalue weighted by molar-refractivity contribution is 5.17. The average Bonchev–Trinajstić information content (AvgIpc) is 2.57. The molecule has 0 amide bonds. The Kier molecular flexibility index (Phi) is 1.98. The van der Waals surface area contributed by atoms with E-state index in [1.54, 1.807) is 6.42 Å². The molecular formula is C13H21N. The zero-order valence-electron chi connectivity index (χ0n) is 9.29. The first-order valence-corrected chi connectivity index (χ1v) is 6.14. The van der Waals surface area contributed by atoms with Gasteiger partial charge in [0.15, 0.2) is 0 Å². The molecule has 0 radical (unpaired) electrons. The Bertz CT molecular complexity index is 248. The van der Waals surface area contributed by atoms with Crippen LogP contribution in [0.1, 0.15) is 33.1 Å². The Morgan fingerprint density at radius 1 is 1.21 bits per heavy atom. The Morgan fingerprint density at radius 2 is 1.86 bits per heavy atom. The van der Waals surface area contributed by atoms with E-state index >= 15 is 0 Å². The van der Waals surface area contributed by atoms with Crippen molar-refractivity contribution in [2.45, 2.75) is 39.2 Å². The fraction of sp³-hybridized carbons (Fsp3) is 0.846. The van der Waals surface area contributed by atoms with Crippen LogP contribution in [0.5, 0.6) is 0 Å². The summed E-state index contributed by atoms with van der Waals surface area (Å²) in [7, 11) is 0. The number of hydrogen-bond donors (Lipinski definition) is 1. The van der Waals surface area contributed by atoms with E-state index in [-0.39, 0.29) is 0 Å². The smallest absolute Gasteiger partial charge is 0.0140 e. The average molecular weight is 191 g/mol. The third-order valence-corrected chi connectivity index (χ3v) is 4.60. The SMILES string of the molecule is CC(C)=CCNC1C2C3CCC(C3)C12. The summed E-state index contributed by atoms with van der Waals surface area (Å²) in [6.45, 7) is 5.46. The van der Waals surface area contributed by atoms with E-state index < -0.39 is 0 Å². The molecule has 3 aliphatic rings. The van der Waals surface area contributed by atoms with Gasteiger partial charge in [-0.1, -0.05) is 11.6 Å². The highest BCUT2D eigenvalue weighted by atomic mass is 15.0. The number of rotatable bonds is 3. The van der Waals surface area contributed by atoms with Gasteiger partial charge in [-0.2, -0.15) is 0 Å². The van der Waals surface area contributed by atoms with Crippen molar-refractivity contribution in [2.75, 3.05) is 6.54 Å². The quantitative estimate of drug-likeness (QED) is 0.676. The molecule has 4 atom stereocenters. The molecule has 78 valence electrons. The van der Waals surface area contributed by atoms with Gasteiger partial charge in [-0.3, -0.25) is 0 Å². The number of fused-ring (bicyclic) bond motifs is 5. The molecule has 4 unspecified atom stereocenters. The van der Waals surface area contributed by atoms with Gasteiger partial charge in [-0.15, -0.1) is 0 Å². The van der Waals surface area contributed by atoms with Gasteiger partial charge in [0.1, 0.15) is 0 Å². The molecule has 1 heteroatoms. The van der Waals surface area contributed by atoms with Crippen LogP contribution in [0.4, 0.5) is 0 Å². The minimum atomic E-state index is 0.900. The molecule has 3 rings (SSSR count). The lowest BCUT2D eigenvalue weighted by Gasteiger charge is -2.08. The van der Waals surface area contributed by atoms with Gasteiger partial charge in [-0.25, -0.2) is 0 Å². The Labute approximate surface area is 87.0 Å². The molecule has 0 spiro atoms. The minimum Gasteiger partial charge on any atom is -0.310 e. The first-order chi connectivity index (χ1) is 6.77. The summed E-state index contributed by atoms with van der Waals surface area (Å²) >= 11 is 0. The van der Waals surface area contributed by atoms with Crippen molar-refractivity contribution in [3.63, 3.8) is 0 Å². The van der Waals surface area contributed by atoms with E-state index in [0.29, 0.717) is 0 Å². The molecule has 1 N–H and O–H groups in total. The second-order valence-corrected chi connectivity index (χ2v) is 5.70. The van der Waals surface area contributed by atoms with Gasteiger partial charge < -0.3 is 5.32 Å². The predicted molar refractivity (Wildman–Crippen MR) is 59.0 cm³/mol. The predicted octanol–water partition coefficient (Wildman–Crippen LogP) is 2.59. The van der Waals surface area contributed by atoms with E-state index in [1.165, 1.54) is 18.4 Å². The minimum absolute atomic E-state index is 0.900. The molecule has 3 saturated carbocycles. The number of nitrogens with one attached hydrogen (secondary N) is 1. The van der Waals surface area contributed by atoms with E-state index in [4.69, 9.17) is 0 Å². The zero-order chi connectivity index (χ0) is 9.71. The molecule has 2 bridgehead atoms. The van der Waals surface area contributed by atoms with E-state index in [0.717, 1.165) is 36.3 Å². The first-order valence-electron chi connectivity index (χ1n) is 6.14. The van der Waals surface area contributed by atoms with Gasteiger partial charge >= 0.3 is 0 Å². The second kappa shape index (κ2) is 3.10. The summed E-state index contributed by atoms with van der Waals surface area (Å²) in [4.78, 5) is 0. The molecule has 0 heterocycles. The summed E-state index contributed by atoms with van der Waals surface area (Å²) in [6.07, 6.45) is 6.95. The maximum Gasteiger partial charge on any atom is 0.0140 e. The van der Waals surface area contributed by atoms with Crippen molar-refractivity contribution < 1.29 is 0 Å². The zero-order valence-corrected chi connectivity index (χ0v) is 9.29. The lowest BCUT2D eigenvalue weighted by Crippen LogP contribution is -2.23. The lowest BCUT2D eigenvalue weighted by molar-refractivity contribution is 0.456. The van der Waals surface area contributed by atoms with Crippen molar-refractivity contribution in [2.24, 2.45) is 23.7 Å². The molecule has 0 aliphatic heterocycles. The summed E-state index contributed by atoms with van der Waals surface area (Å²) in [5, 5.41) is 3.71. The highest BCUT2D eigenvalue weighted by Crippen LogP contribution is 2.65. The van der Waals surface area contributed by atoms with Crippen molar-refractivity contribution in [3.8, 4) is 0 Å². The normalized spacial score (nSPS) is 47.7. The van der Waals surface area contributed by atoms with Crippen LogP contribution in [0, 0.1) is 23.7 Å². The molecule has 0 aromatic rings. The van der Waals surface area contributed by atoms with Gasteiger partial charge in [0.2, 0.25) is 0 Å². The Hall–Kier alpha value is -0.300. The van der Waals surface area contributed by atoms with Gasteiger partial charge in [-0.05, 0) is 56.8 Å². The Morgan fingerprint density at radius 3 is 2.43 bits per heavy atom. The molecule has 3 fully saturated rings. The first kappa shape index (κ1) is 8.96. The highest BCUT2D eigenvalue weighted by Gasteiger charge is 2.64. The number of allylic oxidation sites excluding steroid dienone is 1. The van der Waals surface area contributed by atoms with Crippen LogP contribution < -0.4 is 5.32 Å². The fourth-order valence-corrected chi connectivity index (χ4v) is 4.00. The molecular weight excluding hydrogens is 170 g/mol. The monoisotopic (exact) mass is 191 g/mol. The largest absolute Gasteiger partial charge is 0.310 e. The van der Waals surface area contributed by atoms with Crippen LogP contribution in [0.3, 0.4) is 0 Å². The lowest BCUT2D eigenvalue weighted by atomic mass is 10.0. The van der Waals surface area contributed by atoms with E-state index in [9.17, 15) is 0 Å². The van der Waals surface area contributed by atoms with Crippen molar-refractivity contribution in [1.29, 1.82) is 0 Å². The third-order valence-electron chi connectivity index (χ3n) is 4.60. The van der Waals surface area contributed by atoms with Crippen LogP contribution in [-0.4, -0.2) is 12.6 Å². The van der Waals surface area contributed by atoms with Crippen LogP contribution in [0.2, 0.25) is 0 Å². The molecule has 0 aromatic carbocycles. The molecule has 0 saturated heterocycles. The van der Waals surface area contributed by atoms with Crippen LogP contribution >= 0.6 is 0 Å². The second-order valence-electron chi connectivity index (χ2n) is 5.70. The van der Waals surface area contributed by atoms with E-state index in [1.807, 2.05) is 0 Å². The maximum atomic E-state index is 3.71. The van der Waals surface area contributed by atoms with Crippen LogP contribution in [0.15, 0.2) is 11.6 Å². The maximum absolute atomic E-state index is 3.71. The number of hydrogen-bond acceptors (Lipinski definition) is 1. The fourth-order valence-electron chi connectivity index (χ4n) is 4.00. The molecule has 1 nitrogen and oxygen atoms in total. The van der Waals surface area contributed by atoms with Crippen molar-refractivity contribution in [3.05, 3.63) is 11.6 Å². The van der Waals surface area contributed by atoms with Crippen LogP contribution in [-0.2, 0) is 0 Å². The molecule has 3 aliphatic carbocycles. The summed E-state index contributed by atoms with van der Waals surface area (Å²) < 4.78 is 0.